The van der Waals surface area contributed by atoms with Crippen molar-refractivity contribution in [3.05, 3.63) is 65.9 Å². The Hall–Kier alpha value is -3.44. The van der Waals surface area contributed by atoms with Crippen LogP contribution < -0.4 is 20.1 Å². The molecule has 0 fully saturated rings. The van der Waals surface area contributed by atoms with E-state index in [4.69, 9.17) is 21.5 Å². The molecule has 2 aromatic carbocycles. The Balaban J connectivity index is 1.60. The van der Waals surface area contributed by atoms with E-state index in [0.29, 0.717) is 29.4 Å². The highest BCUT2D eigenvalue weighted by molar-refractivity contribution is 7.92. The van der Waals surface area contributed by atoms with E-state index >= 15 is 0 Å². The molecule has 0 aliphatic carbocycles. The van der Waals surface area contributed by atoms with Gasteiger partial charge in [0.05, 0.1) is 11.5 Å². The van der Waals surface area contributed by atoms with Crippen molar-refractivity contribution in [2.45, 2.75) is 18.7 Å². The van der Waals surface area contributed by atoms with Crippen LogP contribution in [0.4, 0.5) is 11.5 Å². The van der Waals surface area contributed by atoms with Gasteiger partial charge in [-0.1, -0.05) is 11.2 Å². The summed E-state index contributed by atoms with van der Waals surface area (Å²) in [6.07, 6.45) is 0. The number of carbonyl (C=O) groups excluding carboxylic acids is 1. The number of aromatic nitrogens is 1. The fraction of sp³-hybridized carbons (Fsp3) is 0.150. The number of sulfonamides is 1. The van der Waals surface area contributed by atoms with Gasteiger partial charge in [0.2, 0.25) is 0 Å². The molecule has 0 saturated heterocycles. The van der Waals surface area contributed by atoms with Crippen LogP contribution in [0.2, 0.25) is 0 Å². The summed E-state index contributed by atoms with van der Waals surface area (Å²) >= 11 is 5.17. The zero-order chi connectivity index (χ0) is 22.4. The van der Waals surface area contributed by atoms with Gasteiger partial charge in [0.25, 0.3) is 15.9 Å². The lowest BCUT2D eigenvalue weighted by Crippen LogP contribution is -2.34. The Morgan fingerprint density at radius 3 is 2.55 bits per heavy atom. The van der Waals surface area contributed by atoms with Crippen molar-refractivity contribution in [3.8, 4) is 5.75 Å². The molecule has 0 radical (unpaired) electrons. The number of thiocarbonyl (C=S) groups is 1. The van der Waals surface area contributed by atoms with E-state index in [9.17, 15) is 13.2 Å². The molecular formula is C20H20N4O5S2. The third kappa shape index (κ3) is 6.03. The molecule has 162 valence electrons. The summed E-state index contributed by atoms with van der Waals surface area (Å²) in [5.74, 6) is 0.764. The van der Waals surface area contributed by atoms with Crippen LogP contribution in [0.3, 0.4) is 0 Å². The lowest BCUT2D eigenvalue weighted by molar-refractivity contribution is 0.0977. The van der Waals surface area contributed by atoms with Crippen LogP contribution in [0.5, 0.6) is 5.75 Å². The SMILES string of the molecule is CCOc1cccc(C(=O)NC(=S)Nc2ccc(S(=O)(=O)Nc3cc(C)on3)cc2)c1. The molecule has 9 nitrogen and oxygen atoms in total. The molecule has 11 heteroatoms. The molecule has 0 spiro atoms. The number of benzene rings is 2. The predicted octanol–water partition coefficient (Wildman–Crippen LogP) is 3.31. The molecule has 3 rings (SSSR count). The number of carbonyl (C=O) groups is 1. The number of ether oxygens (including phenoxy) is 1. The Morgan fingerprint density at radius 1 is 1.16 bits per heavy atom. The third-order valence-corrected chi connectivity index (χ3v) is 5.50. The van der Waals surface area contributed by atoms with Crippen LogP contribution >= 0.6 is 12.2 Å². The van der Waals surface area contributed by atoms with E-state index < -0.39 is 15.9 Å². The highest BCUT2D eigenvalue weighted by Gasteiger charge is 2.16. The minimum absolute atomic E-state index is 0.0291. The van der Waals surface area contributed by atoms with E-state index in [1.54, 1.807) is 31.2 Å². The molecule has 3 N–H and O–H groups in total. The summed E-state index contributed by atoms with van der Waals surface area (Å²) in [5, 5.41) is 9.09. The fourth-order valence-corrected chi connectivity index (χ4v) is 3.75. The summed E-state index contributed by atoms with van der Waals surface area (Å²) < 4.78 is 37.4. The van der Waals surface area contributed by atoms with Gasteiger partial charge in [-0.25, -0.2) is 8.42 Å². The Labute approximate surface area is 184 Å². The number of hydrogen-bond donors (Lipinski definition) is 3. The quantitative estimate of drug-likeness (QED) is 0.459. The maximum atomic E-state index is 12.4. The number of anilines is 2. The number of aryl methyl sites for hydroxylation is 1. The fourth-order valence-electron chi connectivity index (χ4n) is 2.56. The molecule has 1 aromatic heterocycles. The minimum Gasteiger partial charge on any atom is -0.494 e. The predicted molar refractivity (Wildman–Crippen MR) is 120 cm³/mol. The lowest BCUT2D eigenvalue weighted by Gasteiger charge is -2.11. The Kier molecular flexibility index (Phi) is 6.88. The van der Waals surface area contributed by atoms with Crippen LogP contribution in [-0.2, 0) is 10.0 Å². The van der Waals surface area contributed by atoms with Gasteiger partial charge < -0.3 is 14.6 Å². The smallest absolute Gasteiger partial charge is 0.263 e. The molecule has 0 aliphatic rings. The molecule has 3 aromatic rings. The number of rotatable bonds is 7. The van der Waals surface area contributed by atoms with E-state index in [1.165, 1.54) is 30.3 Å². The van der Waals surface area contributed by atoms with Gasteiger partial charge in [0, 0.05) is 17.3 Å². The molecule has 31 heavy (non-hydrogen) atoms. The standard InChI is InChI=1S/C20H20N4O5S2/c1-3-28-16-6-4-5-14(12-16)19(25)22-20(30)21-15-7-9-17(10-8-15)31(26,27)24-18-11-13(2)29-23-18/h4-12H,3H2,1-2H3,(H,23,24)(H2,21,22,25,30). The van der Waals surface area contributed by atoms with Crippen LogP contribution in [0.15, 0.2) is 64.0 Å². The molecule has 1 amide bonds. The first kappa shape index (κ1) is 22.2. The van der Waals surface area contributed by atoms with Gasteiger partial charge >= 0.3 is 0 Å². The van der Waals surface area contributed by atoms with E-state index in [-0.39, 0.29) is 15.8 Å². The van der Waals surface area contributed by atoms with Gasteiger partial charge in [-0.05, 0) is 68.5 Å². The lowest BCUT2D eigenvalue weighted by atomic mass is 10.2. The van der Waals surface area contributed by atoms with Crippen molar-refractivity contribution in [1.29, 1.82) is 0 Å². The topological polar surface area (TPSA) is 123 Å². The molecule has 0 saturated carbocycles. The zero-order valence-corrected chi connectivity index (χ0v) is 18.3. The summed E-state index contributed by atoms with van der Waals surface area (Å²) in [6.45, 7) is 4.00. The largest absolute Gasteiger partial charge is 0.494 e. The summed E-state index contributed by atoms with van der Waals surface area (Å²) in [4.78, 5) is 12.4. The van der Waals surface area contributed by atoms with E-state index in [2.05, 4.69) is 20.5 Å². The normalized spacial score (nSPS) is 10.9. The van der Waals surface area contributed by atoms with Crippen LogP contribution in [0.25, 0.3) is 0 Å². The molecule has 0 atom stereocenters. The molecule has 0 unspecified atom stereocenters. The highest BCUT2D eigenvalue weighted by Crippen LogP contribution is 2.18. The van der Waals surface area contributed by atoms with E-state index in [1.807, 2.05) is 6.92 Å². The van der Waals surface area contributed by atoms with Crippen molar-refractivity contribution >= 4 is 44.8 Å². The Morgan fingerprint density at radius 2 is 1.90 bits per heavy atom. The van der Waals surface area contributed by atoms with Crippen molar-refractivity contribution in [2.24, 2.45) is 0 Å². The van der Waals surface area contributed by atoms with Crippen LogP contribution in [0, 0.1) is 6.92 Å². The number of nitrogens with zero attached hydrogens (tertiary/aromatic N) is 1. The number of amides is 1. The van der Waals surface area contributed by atoms with Crippen LogP contribution in [0.1, 0.15) is 23.0 Å². The maximum Gasteiger partial charge on any atom is 0.263 e. The van der Waals surface area contributed by atoms with Crippen molar-refractivity contribution in [2.75, 3.05) is 16.6 Å². The number of hydrogen-bond acceptors (Lipinski definition) is 7. The van der Waals surface area contributed by atoms with Gasteiger partial charge in [0.1, 0.15) is 11.5 Å². The van der Waals surface area contributed by atoms with E-state index in [0.717, 1.165) is 0 Å². The van der Waals surface area contributed by atoms with Crippen molar-refractivity contribution in [1.82, 2.24) is 10.5 Å². The van der Waals surface area contributed by atoms with Gasteiger partial charge in [-0.3, -0.25) is 14.8 Å². The summed E-state index contributed by atoms with van der Waals surface area (Å²) in [7, 11) is -3.82. The second-order valence-corrected chi connectivity index (χ2v) is 8.41. The molecular weight excluding hydrogens is 440 g/mol. The number of nitrogens with one attached hydrogen (secondary N) is 3. The zero-order valence-electron chi connectivity index (χ0n) is 16.7. The maximum absolute atomic E-state index is 12.4. The first-order chi connectivity index (χ1) is 14.8. The monoisotopic (exact) mass is 460 g/mol. The van der Waals surface area contributed by atoms with Gasteiger partial charge in [-0.2, -0.15) is 0 Å². The Bertz CT molecular complexity index is 1190. The highest BCUT2D eigenvalue weighted by atomic mass is 32.2. The summed E-state index contributed by atoms with van der Waals surface area (Å²) in [5.41, 5.74) is 0.898. The van der Waals surface area contributed by atoms with Gasteiger partial charge in [0.15, 0.2) is 10.9 Å². The first-order valence-corrected chi connectivity index (χ1v) is 11.1. The minimum atomic E-state index is -3.82. The van der Waals surface area contributed by atoms with Crippen LogP contribution in [-0.4, -0.2) is 31.2 Å². The average molecular weight is 461 g/mol. The first-order valence-electron chi connectivity index (χ1n) is 9.18. The molecule has 0 aliphatic heterocycles. The summed E-state index contributed by atoms with van der Waals surface area (Å²) in [6, 6.07) is 14.0. The van der Waals surface area contributed by atoms with Gasteiger partial charge in [-0.15, -0.1) is 0 Å². The second kappa shape index (κ2) is 9.58. The third-order valence-electron chi connectivity index (χ3n) is 3.92. The average Bonchev–Trinajstić information content (AvgIpc) is 3.12. The van der Waals surface area contributed by atoms with Crippen molar-refractivity contribution < 1.29 is 22.5 Å². The van der Waals surface area contributed by atoms with Crippen molar-refractivity contribution in [3.63, 3.8) is 0 Å². The second-order valence-electron chi connectivity index (χ2n) is 6.32. The molecule has 0 bridgehead atoms. The molecule has 1 heterocycles.